The zero-order valence-corrected chi connectivity index (χ0v) is 17.6. The van der Waals surface area contributed by atoms with E-state index in [0.29, 0.717) is 6.04 Å². The first kappa shape index (κ1) is 20.0. The molecule has 4 rings (SSSR count). The van der Waals surface area contributed by atoms with Gasteiger partial charge in [0.15, 0.2) is 0 Å². The highest BCUT2D eigenvalue weighted by atomic mass is 14.9. The highest BCUT2D eigenvalue weighted by Gasteiger charge is 2.20. The number of hydrogen-bond acceptors (Lipinski definition) is 3. The zero-order valence-electron chi connectivity index (χ0n) is 17.6. The van der Waals surface area contributed by atoms with Crippen LogP contribution in [0.15, 0.2) is 66.7 Å². The van der Waals surface area contributed by atoms with Crippen LogP contribution in [-0.4, -0.2) is 22.6 Å². The van der Waals surface area contributed by atoms with Crippen LogP contribution >= 0.6 is 0 Å². The van der Waals surface area contributed by atoms with Gasteiger partial charge in [-0.3, -0.25) is 9.97 Å². The monoisotopic (exact) mass is 387 g/mol. The fourth-order valence-electron chi connectivity index (χ4n) is 4.75. The molecule has 0 aliphatic heterocycles. The van der Waals surface area contributed by atoms with Crippen LogP contribution in [0.25, 0.3) is 11.1 Å². The molecule has 3 heteroatoms. The van der Waals surface area contributed by atoms with E-state index in [4.69, 9.17) is 4.98 Å². The summed E-state index contributed by atoms with van der Waals surface area (Å²) in [5, 5.41) is 3.80. The van der Waals surface area contributed by atoms with Crippen LogP contribution < -0.4 is 5.32 Å². The molecule has 1 saturated carbocycles. The molecule has 0 aromatic carbocycles. The van der Waals surface area contributed by atoms with Gasteiger partial charge in [0.25, 0.3) is 0 Å². The molecule has 152 valence electrons. The maximum Gasteiger partial charge on any atom is 0.0513 e. The van der Waals surface area contributed by atoms with Crippen molar-refractivity contribution in [3.05, 3.63) is 72.4 Å². The number of nitrogens with zero attached hydrogens (tertiary/aromatic N) is 2. The molecule has 0 amide bonds. The number of pyridine rings is 2. The summed E-state index contributed by atoms with van der Waals surface area (Å²) in [7, 11) is 0. The molecule has 2 unspecified atom stereocenters. The summed E-state index contributed by atoms with van der Waals surface area (Å²) in [5.74, 6) is 1.20. The zero-order chi connectivity index (χ0) is 19.9. The van der Waals surface area contributed by atoms with E-state index in [9.17, 15) is 0 Å². The number of aromatic nitrogens is 2. The van der Waals surface area contributed by atoms with Gasteiger partial charge in [0, 0.05) is 48.2 Å². The van der Waals surface area contributed by atoms with E-state index in [1.54, 1.807) is 6.20 Å². The van der Waals surface area contributed by atoms with Crippen molar-refractivity contribution in [3.63, 3.8) is 0 Å². The molecule has 2 aromatic rings. The van der Waals surface area contributed by atoms with Crippen LogP contribution in [0, 0.1) is 5.92 Å². The molecule has 0 bridgehead atoms. The van der Waals surface area contributed by atoms with Gasteiger partial charge in [-0.1, -0.05) is 62.5 Å². The summed E-state index contributed by atoms with van der Waals surface area (Å²) in [4.78, 5) is 9.01. The number of hydrogen-bond donors (Lipinski definition) is 1. The van der Waals surface area contributed by atoms with Gasteiger partial charge in [-0.25, -0.2) is 0 Å². The lowest BCUT2D eigenvalue weighted by Gasteiger charge is -2.27. The molecule has 1 N–H and O–H groups in total. The minimum atomic E-state index is 0.279. The Labute approximate surface area is 175 Å². The molecule has 0 saturated heterocycles. The smallest absolute Gasteiger partial charge is 0.0513 e. The molecule has 2 heterocycles. The average molecular weight is 388 g/mol. The van der Waals surface area contributed by atoms with Crippen LogP contribution in [0.4, 0.5) is 0 Å². The van der Waals surface area contributed by atoms with Crippen molar-refractivity contribution in [2.24, 2.45) is 5.92 Å². The average Bonchev–Trinajstić information content (AvgIpc) is 2.79. The molecule has 2 atom stereocenters. The quantitative estimate of drug-likeness (QED) is 0.587. The van der Waals surface area contributed by atoms with Gasteiger partial charge < -0.3 is 5.32 Å². The molecule has 2 aromatic heterocycles. The third kappa shape index (κ3) is 5.42. The second kappa shape index (κ2) is 9.98. The molecule has 3 nitrogen and oxygen atoms in total. The molecular formula is C26H33N3. The maximum atomic E-state index is 4.80. The van der Waals surface area contributed by atoms with Gasteiger partial charge >= 0.3 is 0 Å². The third-order valence-corrected chi connectivity index (χ3v) is 6.41. The third-order valence-electron chi connectivity index (χ3n) is 6.41. The van der Waals surface area contributed by atoms with Crippen molar-refractivity contribution in [2.75, 3.05) is 6.54 Å². The first-order chi connectivity index (χ1) is 14.3. The summed E-state index contributed by atoms with van der Waals surface area (Å²) in [6.07, 6.45) is 22.1. The van der Waals surface area contributed by atoms with Gasteiger partial charge in [-0.2, -0.15) is 0 Å². The highest BCUT2D eigenvalue weighted by molar-refractivity contribution is 5.61. The van der Waals surface area contributed by atoms with Crippen LogP contribution in [0.2, 0.25) is 0 Å². The summed E-state index contributed by atoms with van der Waals surface area (Å²) in [5.41, 5.74) is 4.80. The second-order valence-corrected chi connectivity index (χ2v) is 8.66. The molecule has 1 fully saturated rings. The minimum absolute atomic E-state index is 0.279. The Morgan fingerprint density at radius 1 is 1.07 bits per heavy atom. The standard InChI is InChI=1S/C26H33N3/c1-20(16-21-8-3-2-4-9-21)28-19-24-10-5-6-12-25(24)26-14-13-23(18-29-26)22-11-7-15-27-17-22/h6-7,10-15,17-18,20-21,25,28H,2-5,8-9,16,19H2,1H3. The highest BCUT2D eigenvalue weighted by Crippen LogP contribution is 2.30. The van der Waals surface area contributed by atoms with Crippen molar-refractivity contribution in [2.45, 2.75) is 63.8 Å². The van der Waals surface area contributed by atoms with E-state index in [-0.39, 0.29) is 5.92 Å². The van der Waals surface area contributed by atoms with Crippen molar-refractivity contribution in [3.8, 4) is 11.1 Å². The number of nitrogens with one attached hydrogen (secondary N) is 1. The lowest BCUT2D eigenvalue weighted by Crippen LogP contribution is -2.32. The van der Waals surface area contributed by atoms with E-state index in [0.717, 1.165) is 35.7 Å². The van der Waals surface area contributed by atoms with E-state index < -0.39 is 0 Å². The Morgan fingerprint density at radius 3 is 2.69 bits per heavy atom. The van der Waals surface area contributed by atoms with Gasteiger partial charge in [0.1, 0.15) is 0 Å². The largest absolute Gasteiger partial charge is 0.310 e. The van der Waals surface area contributed by atoms with E-state index >= 15 is 0 Å². The summed E-state index contributed by atoms with van der Waals surface area (Å²) >= 11 is 0. The fourth-order valence-corrected chi connectivity index (χ4v) is 4.75. The maximum absolute atomic E-state index is 4.80. The lowest BCUT2D eigenvalue weighted by molar-refractivity contribution is 0.307. The van der Waals surface area contributed by atoms with Crippen LogP contribution in [0.5, 0.6) is 0 Å². The Balaban J connectivity index is 1.37. The second-order valence-electron chi connectivity index (χ2n) is 8.66. The van der Waals surface area contributed by atoms with E-state index in [2.05, 4.69) is 53.7 Å². The lowest BCUT2D eigenvalue weighted by atomic mass is 9.85. The number of rotatable bonds is 7. The van der Waals surface area contributed by atoms with Crippen molar-refractivity contribution in [1.29, 1.82) is 0 Å². The van der Waals surface area contributed by atoms with Gasteiger partial charge in [0.05, 0.1) is 5.69 Å². The Kier molecular flexibility index (Phi) is 6.89. The predicted molar refractivity (Wildman–Crippen MR) is 121 cm³/mol. The summed E-state index contributed by atoms with van der Waals surface area (Å²) in [6, 6.07) is 8.95. The number of allylic oxidation sites excluding steroid dienone is 3. The topological polar surface area (TPSA) is 37.8 Å². The first-order valence-electron chi connectivity index (χ1n) is 11.2. The van der Waals surface area contributed by atoms with Crippen LogP contribution in [0.3, 0.4) is 0 Å². The molecule has 2 aliphatic rings. The molecule has 29 heavy (non-hydrogen) atoms. The van der Waals surface area contributed by atoms with Crippen molar-refractivity contribution in [1.82, 2.24) is 15.3 Å². The predicted octanol–water partition coefficient (Wildman–Crippen LogP) is 6.06. The Bertz CT molecular complexity index is 817. The van der Waals surface area contributed by atoms with Gasteiger partial charge in [0.2, 0.25) is 0 Å². The van der Waals surface area contributed by atoms with E-state index in [1.165, 1.54) is 44.1 Å². The summed E-state index contributed by atoms with van der Waals surface area (Å²) < 4.78 is 0. The fraction of sp³-hybridized carbons (Fsp3) is 0.462. The SMILES string of the molecule is CC(CC1CCCCC1)NCC1=CCC=CC1c1ccc(-c2cccnc2)cn1. The first-order valence-corrected chi connectivity index (χ1v) is 11.2. The van der Waals surface area contributed by atoms with Gasteiger partial charge in [-0.05, 0) is 43.4 Å². The summed E-state index contributed by atoms with van der Waals surface area (Å²) in [6.45, 7) is 3.30. The molecular weight excluding hydrogens is 354 g/mol. The van der Waals surface area contributed by atoms with Crippen LogP contribution in [-0.2, 0) is 0 Å². The molecule has 2 aliphatic carbocycles. The van der Waals surface area contributed by atoms with Crippen molar-refractivity contribution >= 4 is 0 Å². The molecule has 0 spiro atoms. The van der Waals surface area contributed by atoms with Crippen LogP contribution in [0.1, 0.15) is 63.5 Å². The normalized spacial score (nSPS) is 21.0. The minimum Gasteiger partial charge on any atom is -0.310 e. The Morgan fingerprint density at radius 2 is 1.93 bits per heavy atom. The molecule has 0 radical (unpaired) electrons. The van der Waals surface area contributed by atoms with Crippen molar-refractivity contribution < 1.29 is 0 Å². The van der Waals surface area contributed by atoms with E-state index in [1.807, 2.05) is 18.5 Å². The van der Waals surface area contributed by atoms with Gasteiger partial charge in [-0.15, -0.1) is 0 Å². The Hall–Kier alpha value is -2.26.